The molecular formula is C25H25NO5S. The van der Waals surface area contributed by atoms with Crippen LogP contribution in [0.2, 0.25) is 0 Å². The third-order valence-corrected chi connectivity index (χ3v) is 6.47. The predicted molar refractivity (Wildman–Crippen MR) is 124 cm³/mol. The molecule has 0 fully saturated rings. The number of thiophene rings is 1. The van der Waals surface area contributed by atoms with Crippen LogP contribution in [0, 0.1) is 6.92 Å². The van der Waals surface area contributed by atoms with Gasteiger partial charge in [-0.15, -0.1) is 11.3 Å². The molecule has 0 atom stereocenters. The Labute approximate surface area is 191 Å². The van der Waals surface area contributed by atoms with Crippen LogP contribution in [0.5, 0.6) is 11.5 Å². The largest absolute Gasteiger partial charge is 0.462 e. The molecule has 0 saturated carbocycles. The number of aryl methyl sites for hydroxylation is 1. The Morgan fingerprint density at radius 3 is 2.62 bits per heavy atom. The fourth-order valence-corrected chi connectivity index (χ4v) is 4.84. The van der Waals surface area contributed by atoms with Crippen molar-refractivity contribution < 1.29 is 23.8 Å². The van der Waals surface area contributed by atoms with Crippen LogP contribution in [0.25, 0.3) is 0 Å². The van der Waals surface area contributed by atoms with Gasteiger partial charge in [0.05, 0.1) is 12.2 Å². The van der Waals surface area contributed by atoms with E-state index in [-0.39, 0.29) is 19.3 Å². The molecule has 4 rings (SSSR count). The highest BCUT2D eigenvalue weighted by atomic mass is 32.1. The monoisotopic (exact) mass is 451 g/mol. The molecule has 0 radical (unpaired) electrons. The second-order valence-electron chi connectivity index (χ2n) is 7.47. The summed E-state index contributed by atoms with van der Waals surface area (Å²) in [6.07, 6.45) is 1.58. The SMILES string of the molecule is CCOC(=O)c1c(NC(=O)CCc2ccccc2)sc(Cc2ccc3c(c2)OCO3)c1C. The van der Waals surface area contributed by atoms with Crippen molar-refractivity contribution in [2.24, 2.45) is 0 Å². The number of fused-ring (bicyclic) bond motifs is 1. The molecule has 0 saturated heterocycles. The quantitative estimate of drug-likeness (QED) is 0.481. The van der Waals surface area contributed by atoms with E-state index >= 15 is 0 Å². The van der Waals surface area contributed by atoms with Crippen LogP contribution >= 0.6 is 11.3 Å². The minimum atomic E-state index is -0.420. The van der Waals surface area contributed by atoms with Gasteiger partial charge in [-0.25, -0.2) is 4.79 Å². The molecule has 0 aliphatic carbocycles. The number of esters is 1. The van der Waals surface area contributed by atoms with E-state index in [1.807, 2.05) is 55.5 Å². The van der Waals surface area contributed by atoms with Gasteiger partial charge in [-0.05, 0) is 49.1 Å². The zero-order valence-electron chi connectivity index (χ0n) is 18.1. The first kappa shape index (κ1) is 21.9. The van der Waals surface area contributed by atoms with Gasteiger partial charge < -0.3 is 19.5 Å². The average Bonchev–Trinajstić information content (AvgIpc) is 3.37. The van der Waals surface area contributed by atoms with Crippen molar-refractivity contribution in [2.75, 3.05) is 18.7 Å². The molecule has 1 amide bonds. The maximum atomic E-state index is 12.7. The van der Waals surface area contributed by atoms with E-state index in [0.29, 0.717) is 29.8 Å². The molecule has 166 valence electrons. The molecule has 1 aliphatic rings. The highest BCUT2D eigenvalue weighted by molar-refractivity contribution is 7.17. The van der Waals surface area contributed by atoms with Crippen LogP contribution in [0.3, 0.4) is 0 Å². The zero-order chi connectivity index (χ0) is 22.5. The summed E-state index contributed by atoms with van der Waals surface area (Å²) in [6, 6.07) is 15.7. The molecule has 3 aromatic rings. The fraction of sp³-hybridized carbons (Fsp3) is 0.280. The molecule has 1 aliphatic heterocycles. The molecule has 2 heterocycles. The van der Waals surface area contributed by atoms with Crippen molar-refractivity contribution in [1.82, 2.24) is 0 Å². The third-order valence-electron chi connectivity index (χ3n) is 5.26. The number of nitrogens with one attached hydrogen (secondary N) is 1. The van der Waals surface area contributed by atoms with Gasteiger partial charge in [-0.2, -0.15) is 0 Å². The number of rotatable bonds is 8. The lowest BCUT2D eigenvalue weighted by Gasteiger charge is -2.07. The van der Waals surface area contributed by atoms with Crippen molar-refractivity contribution in [3.63, 3.8) is 0 Å². The summed E-state index contributed by atoms with van der Waals surface area (Å²) in [5.74, 6) is 0.902. The van der Waals surface area contributed by atoms with E-state index in [1.54, 1.807) is 6.92 Å². The molecule has 0 spiro atoms. The lowest BCUT2D eigenvalue weighted by molar-refractivity contribution is -0.116. The number of ether oxygens (including phenoxy) is 3. The summed E-state index contributed by atoms with van der Waals surface area (Å²) in [7, 11) is 0. The number of hydrogen-bond donors (Lipinski definition) is 1. The Balaban J connectivity index is 1.53. The van der Waals surface area contributed by atoms with Crippen molar-refractivity contribution in [2.45, 2.75) is 33.1 Å². The lowest BCUT2D eigenvalue weighted by atomic mass is 10.1. The molecular weight excluding hydrogens is 426 g/mol. The summed E-state index contributed by atoms with van der Waals surface area (Å²) >= 11 is 1.41. The minimum absolute atomic E-state index is 0.129. The molecule has 2 aromatic carbocycles. The summed E-state index contributed by atoms with van der Waals surface area (Å²) in [4.78, 5) is 26.3. The molecule has 32 heavy (non-hydrogen) atoms. The third kappa shape index (κ3) is 4.94. The molecule has 7 heteroatoms. The Bertz CT molecular complexity index is 1120. The highest BCUT2D eigenvalue weighted by Crippen LogP contribution is 2.37. The van der Waals surface area contributed by atoms with Crippen molar-refractivity contribution >= 4 is 28.2 Å². The molecule has 6 nitrogen and oxygen atoms in total. The first-order valence-corrected chi connectivity index (χ1v) is 11.4. The predicted octanol–water partition coefficient (Wildman–Crippen LogP) is 5.12. The van der Waals surface area contributed by atoms with Gasteiger partial charge in [0.15, 0.2) is 11.5 Å². The van der Waals surface area contributed by atoms with Gasteiger partial charge in [0.1, 0.15) is 5.00 Å². The number of carbonyl (C=O) groups excluding carboxylic acids is 2. The van der Waals surface area contributed by atoms with Crippen molar-refractivity contribution in [3.8, 4) is 11.5 Å². The Morgan fingerprint density at radius 1 is 1.06 bits per heavy atom. The van der Waals surface area contributed by atoms with Crippen LogP contribution < -0.4 is 14.8 Å². The first-order chi connectivity index (χ1) is 15.5. The molecule has 0 bridgehead atoms. The summed E-state index contributed by atoms with van der Waals surface area (Å²) in [5.41, 5.74) is 3.39. The van der Waals surface area contributed by atoms with Gasteiger partial charge in [0.25, 0.3) is 0 Å². The van der Waals surface area contributed by atoms with E-state index in [1.165, 1.54) is 11.3 Å². The van der Waals surface area contributed by atoms with Crippen LogP contribution in [-0.2, 0) is 22.4 Å². The van der Waals surface area contributed by atoms with Crippen molar-refractivity contribution in [3.05, 3.63) is 75.7 Å². The second kappa shape index (κ2) is 9.87. The van der Waals surface area contributed by atoms with Gasteiger partial charge in [0.2, 0.25) is 12.7 Å². The van der Waals surface area contributed by atoms with E-state index in [9.17, 15) is 9.59 Å². The van der Waals surface area contributed by atoms with E-state index in [2.05, 4.69) is 5.32 Å². The maximum absolute atomic E-state index is 12.7. The standard InChI is InChI=1S/C25H25NO5S/c1-3-29-25(28)23-16(2)21(14-18-9-11-19-20(13-18)31-15-30-19)32-24(23)26-22(27)12-10-17-7-5-4-6-8-17/h4-9,11,13H,3,10,12,14-15H2,1-2H3,(H,26,27). The van der Waals surface area contributed by atoms with Crippen LogP contribution in [0.15, 0.2) is 48.5 Å². The fourth-order valence-electron chi connectivity index (χ4n) is 3.59. The Hall–Kier alpha value is -3.32. The molecule has 1 aromatic heterocycles. The molecule has 1 N–H and O–H groups in total. The number of hydrogen-bond acceptors (Lipinski definition) is 6. The average molecular weight is 452 g/mol. The Kier molecular flexibility index (Phi) is 6.75. The summed E-state index contributed by atoms with van der Waals surface area (Å²) in [6.45, 7) is 4.16. The van der Waals surface area contributed by atoms with Gasteiger partial charge in [-0.1, -0.05) is 36.4 Å². The number of anilines is 1. The normalized spacial score (nSPS) is 11.9. The first-order valence-electron chi connectivity index (χ1n) is 10.6. The summed E-state index contributed by atoms with van der Waals surface area (Å²) in [5, 5.41) is 3.48. The lowest BCUT2D eigenvalue weighted by Crippen LogP contribution is -2.15. The minimum Gasteiger partial charge on any atom is -0.462 e. The van der Waals surface area contributed by atoms with Gasteiger partial charge in [0, 0.05) is 17.7 Å². The zero-order valence-corrected chi connectivity index (χ0v) is 18.9. The number of carbonyl (C=O) groups is 2. The van der Waals surface area contributed by atoms with Crippen LogP contribution in [0.4, 0.5) is 5.00 Å². The van der Waals surface area contributed by atoms with E-state index < -0.39 is 5.97 Å². The second-order valence-corrected chi connectivity index (χ2v) is 8.58. The smallest absolute Gasteiger partial charge is 0.341 e. The maximum Gasteiger partial charge on any atom is 0.341 e. The summed E-state index contributed by atoms with van der Waals surface area (Å²) < 4.78 is 16.1. The topological polar surface area (TPSA) is 73.9 Å². The van der Waals surface area contributed by atoms with Gasteiger partial charge in [-0.3, -0.25) is 4.79 Å². The van der Waals surface area contributed by atoms with Gasteiger partial charge >= 0.3 is 5.97 Å². The van der Waals surface area contributed by atoms with Crippen LogP contribution in [-0.4, -0.2) is 25.3 Å². The highest BCUT2D eigenvalue weighted by Gasteiger charge is 2.24. The van der Waals surface area contributed by atoms with Crippen LogP contribution in [0.1, 0.15) is 45.3 Å². The van der Waals surface area contributed by atoms with Crippen molar-refractivity contribution in [1.29, 1.82) is 0 Å². The number of benzene rings is 2. The number of amides is 1. The Morgan fingerprint density at radius 2 is 1.84 bits per heavy atom. The molecule has 0 unspecified atom stereocenters. The van der Waals surface area contributed by atoms with E-state index in [4.69, 9.17) is 14.2 Å². The van der Waals surface area contributed by atoms with E-state index in [0.717, 1.165) is 33.1 Å².